The topological polar surface area (TPSA) is 19.6 Å². The van der Waals surface area contributed by atoms with Gasteiger partial charge in [-0.1, -0.05) is 163 Å². The molecule has 10 rings (SSSR count). The van der Waals surface area contributed by atoms with Crippen molar-refractivity contribution in [1.82, 2.24) is 0 Å². The standard InChI is InChI=1S/C57H59BN2O/c1-53(2,3)35-18-16-19-38(28-24-35)60-48-23-17-22-47-50(48)58(45-32-37(55(7,8)9)27-31-46(45)59(47)39-29-25-36(26-30-39)54(4,5)6)52-51(60)40-33-43-44(34-49(40)61-52)57(12,13)42-21-15-14-20-41(42)56(43,10)11/h14-15,17,19-35H,1-13H3. The van der Waals surface area contributed by atoms with Crippen molar-refractivity contribution in [3.63, 3.8) is 0 Å². The molecular formula is C57H59BN2O. The maximum absolute atomic E-state index is 7.51. The fourth-order valence-corrected chi connectivity index (χ4v) is 10.6. The molecule has 0 saturated heterocycles. The predicted molar refractivity (Wildman–Crippen MR) is 260 cm³/mol. The minimum Gasteiger partial charge on any atom is -0.468 e. The van der Waals surface area contributed by atoms with E-state index in [1.807, 2.05) is 0 Å². The molecule has 0 bridgehead atoms. The summed E-state index contributed by atoms with van der Waals surface area (Å²) in [5.41, 5.74) is 19.0. The molecule has 0 radical (unpaired) electrons. The zero-order valence-electron chi connectivity index (χ0n) is 38.4. The van der Waals surface area contributed by atoms with Crippen LogP contribution in [0.4, 0.5) is 28.4 Å². The molecular weight excluding hydrogens is 739 g/mol. The number of hydrogen-bond acceptors (Lipinski definition) is 3. The molecule has 0 fully saturated rings. The van der Waals surface area contributed by atoms with Gasteiger partial charge in [-0.3, -0.25) is 0 Å². The molecule has 0 saturated carbocycles. The smallest absolute Gasteiger partial charge is 0.297 e. The first-order valence-electron chi connectivity index (χ1n) is 22.3. The highest BCUT2D eigenvalue weighted by Crippen LogP contribution is 2.53. The van der Waals surface area contributed by atoms with Crippen molar-refractivity contribution in [3.05, 3.63) is 154 Å². The first-order chi connectivity index (χ1) is 28.7. The van der Waals surface area contributed by atoms with Gasteiger partial charge in [0.05, 0.1) is 17.0 Å². The van der Waals surface area contributed by atoms with Crippen LogP contribution in [0.5, 0.6) is 0 Å². The fraction of sp³-hybridized carbons (Fsp3) is 0.333. The third-order valence-electron chi connectivity index (χ3n) is 14.3. The van der Waals surface area contributed by atoms with Crippen LogP contribution < -0.4 is 26.4 Å². The Bertz CT molecular complexity index is 2940. The van der Waals surface area contributed by atoms with Crippen LogP contribution in [-0.4, -0.2) is 6.71 Å². The summed E-state index contributed by atoms with van der Waals surface area (Å²) in [5.74, 6) is 7.23. The van der Waals surface area contributed by atoms with Crippen molar-refractivity contribution in [1.29, 1.82) is 0 Å². The second-order valence-electron chi connectivity index (χ2n) is 22.2. The molecule has 1 aromatic heterocycles. The first kappa shape index (κ1) is 39.5. The highest BCUT2D eigenvalue weighted by atomic mass is 16.3. The molecule has 6 aromatic rings. The molecule has 0 spiro atoms. The van der Waals surface area contributed by atoms with Crippen molar-refractivity contribution >= 4 is 62.7 Å². The molecule has 0 amide bonds. The number of hydrogen-bond donors (Lipinski definition) is 0. The van der Waals surface area contributed by atoms with Gasteiger partial charge in [0, 0.05) is 51.0 Å². The molecule has 306 valence electrons. The summed E-state index contributed by atoms with van der Waals surface area (Å²) in [4.78, 5) is 4.97. The Morgan fingerprint density at radius 3 is 1.85 bits per heavy atom. The van der Waals surface area contributed by atoms with E-state index in [1.54, 1.807) is 0 Å². The molecule has 5 aromatic carbocycles. The Morgan fingerprint density at radius 2 is 1.23 bits per heavy atom. The van der Waals surface area contributed by atoms with Crippen molar-refractivity contribution in [2.45, 2.75) is 112 Å². The average molecular weight is 799 g/mol. The Balaban J connectivity index is 1.29. The third kappa shape index (κ3) is 5.86. The van der Waals surface area contributed by atoms with Gasteiger partial charge < -0.3 is 14.2 Å². The second-order valence-corrected chi connectivity index (χ2v) is 22.2. The predicted octanol–water partition coefficient (Wildman–Crippen LogP) is 12.9. The normalized spacial score (nSPS) is 18.3. The number of rotatable bonds is 2. The molecule has 2 aliphatic heterocycles. The lowest BCUT2D eigenvalue weighted by Gasteiger charge is -2.44. The van der Waals surface area contributed by atoms with E-state index in [-0.39, 0.29) is 39.7 Å². The zero-order chi connectivity index (χ0) is 43.2. The minimum atomic E-state index is -0.209. The van der Waals surface area contributed by atoms with Crippen LogP contribution in [0.3, 0.4) is 0 Å². The van der Waals surface area contributed by atoms with E-state index < -0.39 is 0 Å². The fourth-order valence-electron chi connectivity index (χ4n) is 10.6. The van der Waals surface area contributed by atoms with Gasteiger partial charge in [-0.25, -0.2) is 0 Å². The summed E-state index contributed by atoms with van der Waals surface area (Å²) in [6.07, 6.45) is 6.74. The molecule has 2 aliphatic carbocycles. The van der Waals surface area contributed by atoms with Crippen molar-refractivity contribution in [2.24, 2.45) is 11.3 Å². The van der Waals surface area contributed by atoms with Crippen LogP contribution in [0.1, 0.15) is 123 Å². The minimum absolute atomic E-state index is 0.00441. The van der Waals surface area contributed by atoms with Crippen molar-refractivity contribution in [2.75, 3.05) is 9.80 Å². The molecule has 3 nitrogen and oxygen atoms in total. The number of benzene rings is 5. The highest BCUT2D eigenvalue weighted by molar-refractivity contribution is 6.99. The van der Waals surface area contributed by atoms with Gasteiger partial charge in [-0.2, -0.15) is 0 Å². The summed E-state index contributed by atoms with van der Waals surface area (Å²) in [6, 6.07) is 37.2. The van der Waals surface area contributed by atoms with Crippen molar-refractivity contribution in [3.8, 4) is 11.8 Å². The molecule has 1 unspecified atom stereocenters. The lowest BCUT2D eigenvalue weighted by molar-refractivity contribution is 0.353. The number of allylic oxidation sites excluding steroid dienone is 3. The summed E-state index contributed by atoms with van der Waals surface area (Å²) in [5, 5.41) is 1.14. The van der Waals surface area contributed by atoms with Gasteiger partial charge in [0.1, 0.15) is 5.58 Å². The Labute approximate surface area is 364 Å². The lowest BCUT2D eigenvalue weighted by atomic mass is 9.35. The van der Waals surface area contributed by atoms with Crippen LogP contribution in [-0.2, 0) is 21.7 Å². The summed E-state index contributed by atoms with van der Waals surface area (Å²) < 4.78 is 7.51. The maximum Gasteiger partial charge on any atom is 0.297 e. The number of nitrogens with zero attached hydrogens (tertiary/aromatic N) is 2. The number of furan rings is 1. The molecule has 4 aliphatic rings. The van der Waals surface area contributed by atoms with E-state index in [0.29, 0.717) is 0 Å². The Hall–Kier alpha value is -5.66. The van der Waals surface area contributed by atoms with Gasteiger partial charge in [-0.05, 0) is 109 Å². The number of fused-ring (bicyclic) bond motifs is 8. The van der Waals surface area contributed by atoms with Gasteiger partial charge >= 0.3 is 0 Å². The van der Waals surface area contributed by atoms with Gasteiger partial charge in [0.15, 0.2) is 0 Å². The zero-order valence-corrected chi connectivity index (χ0v) is 38.4. The van der Waals surface area contributed by atoms with Crippen LogP contribution >= 0.6 is 0 Å². The largest absolute Gasteiger partial charge is 0.468 e. The maximum atomic E-state index is 7.51. The quantitative estimate of drug-likeness (QED) is 0.128. The summed E-state index contributed by atoms with van der Waals surface area (Å²) in [6.45, 7) is 30.0. The Kier molecular flexibility index (Phi) is 8.37. The van der Waals surface area contributed by atoms with Crippen LogP contribution in [0.2, 0.25) is 0 Å². The Morgan fingerprint density at radius 1 is 0.623 bits per heavy atom. The van der Waals surface area contributed by atoms with Gasteiger partial charge in [0.25, 0.3) is 6.71 Å². The van der Waals surface area contributed by atoms with E-state index in [2.05, 4.69) is 227 Å². The molecule has 1 atom stereocenters. The highest BCUT2D eigenvalue weighted by Gasteiger charge is 2.48. The SMILES string of the molecule is CC(C)(C)c1ccc(N2c3ccc(C(C)(C)C)cc3B3c4oc5cc6c(cc5c4N(C4=CC#CC(C(C)(C)C)C=C4)c4cccc2c43)C(C)(C)c2ccccc2C6(C)C)cc1. The monoisotopic (exact) mass is 798 g/mol. The van der Waals surface area contributed by atoms with Crippen molar-refractivity contribution < 1.29 is 4.42 Å². The summed E-state index contributed by atoms with van der Waals surface area (Å²) >= 11 is 0. The molecule has 4 heteroatoms. The van der Waals surface area contributed by atoms with E-state index in [1.165, 1.54) is 55.7 Å². The van der Waals surface area contributed by atoms with Gasteiger partial charge in [-0.15, -0.1) is 0 Å². The average Bonchev–Trinajstić information content (AvgIpc) is 3.38. The van der Waals surface area contributed by atoms with Gasteiger partial charge in [0.2, 0.25) is 0 Å². The number of anilines is 5. The first-order valence-corrected chi connectivity index (χ1v) is 22.3. The van der Waals surface area contributed by atoms with E-state index in [9.17, 15) is 0 Å². The molecule has 0 N–H and O–H groups in total. The van der Waals surface area contributed by atoms with E-state index >= 15 is 0 Å². The van der Waals surface area contributed by atoms with E-state index in [0.717, 1.165) is 39.4 Å². The van der Waals surface area contributed by atoms with Crippen LogP contribution in [0, 0.1) is 23.2 Å². The lowest BCUT2D eigenvalue weighted by Crippen LogP contribution is -2.61. The third-order valence-corrected chi connectivity index (χ3v) is 14.3. The van der Waals surface area contributed by atoms with E-state index in [4.69, 9.17) is 4.42 Å². The molecule has 3 heterocycles. The molecule has 61 heavy (non-hydrogen) atoms. The van der Waals surface area contributed by atoms with Crippen LogP contribution in [0.25, 0.3) is 11.0 Å². The summed E-state index contributed by atoms with van der Waals surface area (Å²) in [7, 11) is 0. The second kappa shape index (κ2) is 12.9. The van der Waals surface area contributed by atoms with Crippen LogP contribution in [0.15, 0.2) is 125 Å².